The summed E-state index contributed by atoms with van der Waals surface area (Å²) in [7, 11) is 0. The van der Waals surface area contributed by atoms with Gasteiger partial charge in [0.2, 0.25) is 0 Å². The monoisotopic (exact) mass is 402 g/mol. The van der Waals surface area contributed by atoms with Crippen LogP contribution in [0.5, 0.6) is 0 Å². The Bertz CT molecular complexity index is 560. The van der Waals surface area contributed by atoms with Gasteiger partial charge in [-0.15, -0.1) is 0 Å². The van der Waals surface area contributed by atoms with E-state index < -0.39 is 5.60 Å². The van der Waals surface area contributed by atoms with Gasteiger partial charge in [-0.1, -0.05) is 33.6 Å². The highest BCUT2D eigenvalue weighted by Crippen LogP contribution is 2.24. The van der Waals surface area contributed by atoms with Crippen molar-refractivity contribution in [1.82, 2.24) is 10.6 Å². The molecule has 6 heteroatoms. The highest BCUT2D eigenvalue weighted by atomic mass is 79.9. The third-order valence-corrected chi connectivity index (χ3v) is 4.63. The van der Waals surface area contributed by atoms with Crippen LogP contribution in [0.2, 0.25) is 5.02 Å². The third-order valence-electron chi connectivity index (χ3n) is 3.79. The molecule has 0 bridgehead atoms. The average Bonchev–Trinajstić information content (AvgIpc) is 2.82. The minimum absolute atomic E-state index is 0.0964. The number of amides is 1. The van der Waals surface area contributed by atoms with E-state index in [-0.39, 0.29) is 18.2 Å². The van der Waals surface area contributed by atoms with E-state index in [1.165, 1.54) is 0 Å². The van der Waals surface area contributed by atoms with Crippen molar-refractivity contribution in [3.63, 3.8) is 0 Å². The summed E-state index contributed by atoms with van der Waals surface area (Å²) in [5.41, 5.74) is 0.578. The summed E-state index contributed by atoms with van der Waals surface area (Å²) in [6, 6.07) is 6.21. The fourth-order valence-corrected chi connectivity index (χ4v) is 3.48. The van der Waals surface area contributed by atoms with E-state index >= 15 is 0 Å². The third kappa shape index (κ3) is 5.98. The molecule has 0 heterocycles. The quantitative estimate of drug-likeness (QED) is 0.770. The number of halogens is 2. The van der Waals surface area contributed by atoms with Crippen molar-refractivity contribution in [3.8, 4) is 0 Å². The molecule has 0 aliphatic heterocycles. The minimum Gasteiger partial charge on any atom is -0.444 e. The van der Waals surface area contributed by atoms with Gasteiger partial charge in [0.25, 0.3) is 0 Å². The summed E-state index contributed by atoms with van der Waals surface area (Å²) < 4.78 is 6.31. The van der Waals surface area contributed by atoms with Gasteiger partial charge in [-0.25, -0.2) is 4.79 Å². The maximum Gasteiger partial charge on any atom is 0.407 e. The fourth-order valence-electron chi connectivity index (χ4n) is 2.74. The van der Waals surface area contributed by atoms with Crippen molar-refractivity contribution >= 4 is 33.6 Å². The molecule has 1 saturated carbocycles. The van der Waals surface area contributed by atoms with E-state index in [9.17, 15) is 4.79 Å². The van der Waals surface area contributed by atoms with Crippen LogP contribution in [0, 0.1) is 0 Å². The smallest absolute Gasteiger partial charge is 0.407 e. The van der Waals surface area contributed by atoms with Crippen molar-refractivity contribution in [2.24, 2.45) is 0 Å². The molecule has 1 amide bonds. The molecule has 1 aliphatic carbocycles. The van der Waals surface area contributed by atoms with Crippen LogP contribution in [0.4, 0.5) is 4.79 Å². The highest BCUT2D eigenvalue weighted by Gasteiger charge is 2.29. The number of hydrogen-bond donors (Lipinski definition) is 2. The number of benzene rings is 1. The molecule has 1 fully saturated rings. The number of alkyl carbamates (subject to hydrolysis) is 1. The molecule has 2 rings (SSSR count). The Balaban J connectivity index is 1.88. The molecule has 2 atom stereocenters. The van der Waals surface area contributed by atoms with Crippen molar-refractivity contribution < 1.29 is 9.53 Å². The second-order valence-electron chi connectivity index (χ2n) is 6.91. The summed E-state index contributed by atoms with van der Waals surface area (Å²) >= 11 is 9.66. The van der Waals surface area contributed by atoms with Crippen LogP contribution in [0.25, 0.3) is 0 Å². The zero-order valence-electron chi connectivity index (χ0n) is 13.8. The number of nitrogens with one attached hydrogen (secondary N) is 2. The lowest BCUT2D eigenvalue weighted by Gasteiger charge is -2.25. The Hall–Kier alpha value is -0.780. The van der Waals surface area contributed by atoms with E-state index in [0.717, 1.165) is 34.3 Å². The van der Waals surface area contributed by atoms with E-state index in [2.05, 4.69) is 26.6 Å². The van der Waals surface area contributed by atoms with Gasteiger partial charge in [-0.05, 0) is 57.7 Å². The molecule has 0 spiro atoms. The fraction of sp³-hybridized carbons (Fsp3) is 0.588. The normalized spacial score (nSPS) is 21.3. The van der Waals surface area contributed by atoms with Crippen LogP contribution in [0.15, 0.2) is 22.7 Å². The van der Waals surface area contributed by atoms with E-state index in [1.54, 1.807) is 0 Å². The Morgan fingerprint density at radius 2 is 2.04 bits per heavy atom. The largest absolute Gasteiger partial charge is 0.444 e. The predicted octanol–water partition coefficient (Wildman–Crippen LogP) is 4.64. The SMILES string of the molecule is CC(C)(C)OC(=O)NC1CCCC1NCc1ccc(Br)cc1Cl. The summed E-state index contributed by atoms with van der Waals surface area (Å²) in [5, 5.41) is 7.23. The van der Waals surface area contributed by atoms with E-state index in [1.807, 2.05) is 39.0 Å². The van der Waals surface area contributed by atoms with E-state index in [0.29, 0.717) is 6.54 Å². The first-order valence-corrected chi connectivity index (χ1v) is 9.08. The molecule has 2 N–H and O–H groups in total. The molecule has 23 heavy (non-hydrogen) atoms. The Labute approximate surface area is 151 Å². The molecule has 1 aliphatic rings. The van der Waals surface area contributed by atoms with Gasteiger partial charge in [-0.2, -0.15) is 0 Å². The molecule has 1 aromatic rings. The lowest BCUT2D eigenvalue weighted by atomic mass is 10.1. The standard InChI is InChI=1S/C17H24BrClN2O2/c1-17(2,3)23-16(22)21-15-6-4-5-14(15)20-10-11-7-8-12(18)9-13(11)19/h7-9,14-15,20H,4-6,10H2,1-3H3,(H,21,22). The number of carbonyl (C=O) groups is 1. The van der Waals surface area contributed by atoms with Gasteiger partial charge < -0.3 is 15.4 Å². The van der Waals surface area contributed by atoms with E-state index in [4.69, 9.17) is 16.3 Å². The Morgan fingerprint density at radius 1 is 1.35 bits per heavy atom. The zero-order valence-corrected chi connectivity index (χ0v) is 16.1. The molecule has 0 radical (unpaired) electrons. The number of hydrogen-bond acceptors (Lipinski definition) is 3. The van der Waals surface area contributed by atoms with Crippen LogP contribution >= 0.6 is 27.5 Å². The molecule has 0 saturated heterocycles. The predicted molar refractivity (Wildman–Crippen MR) is 96.8 cm³/mol. The number of ether oxygens (including phenoxy) is 1. The topological polar surface area (TPSA) is 50.4 Å². The highest BCUT2D eigenvalue weighted by molar-refractivity contribution is 9.10. The van der Waals surface area contributed by atoms with Crippen molar-refractivity contribution in [2.45, 2.75) is 64.3 Å². The molecular weight excluding hydrogens is 380 g/mol. The molecule has 128 valence electrons. The maximum atomic E-state index is 11.9. The zero-order chi connectivity index (χ0) is 17.0. The van der Waals surface area contributed by atoms with Crippen LogP contribution in [-0.4, -0.2) is 23.8 Å². The summed E-state index contributed by atoms with van der Waals surface area (Å²) in [4.78, 5) is 11.9. The van der Waals surface area contributed by atoms with Gasteiger partial charge in [0, 0.05) is 28.1 Å². The molecule has 4 nitrogen and oxygen atoms in total. The Kier molecular flexibility index (Phi) is 6.34. The van der Waals surface area contributed by atoms with Gasteiger partial charge in [0.05, 0.1) is 0 Å². The lowest BCUT2D eigenvalue weighted by molar-refractivity contribution is 0.0498. The first-order valence-electron chi connectivity index (χ1n) is 7.91. The Morgan fingerprint density at radius 3 is 2.70 bits per heavy atom. The van der Waals surface area contributed by atoms with Gasteiger partial charge in [0.1, 0.15) is 5.60 Å². The van der Waals surface area contributed by atoms with Gasteiger partial charge in [-0.3, -0.25) is 0 Å². The minimum atomic E-state index is -0.476. The summed E-state index contributed by atoms with van der Waals surface area (Å²) in [6.07, 6.45) is 2.74. The lowest BCUT2D eigenvalue weighted by Crippen LogP contribution is -2.47. The molecule has 2 unspecified atom stereocenters. The van der Waals surface area contributed by atoms with Crippen molar-refractivity contribution in [2.75, 3.05) is 0 Å². The maximum absolute atomic E-state index is 11.9. The van der Waals surface area contributed by atoms with Gasteiger partial charge in [0.15, 0.2) is 0 Å². The second-order valence-corrected chi connectivity index (χ2v) is 8.23. The number of carbonyl (C=O) groups excluding carboxylic acids is 1. The first kappa shape index (κ1) is 18.6. The second kappa shape index (κ2) is 7.86. The molecule has 1 aromatic carbocycles. The first-order chi connectivity index (χ1) is 10.7. The molecular formula is C17H24BrClN2O2. The van der Waals surface area contributed by atoms with Crippen LogP contribution < -0.4 is 10.6 Å². The van der Waals surface area contributed by atoms with Crippen LogP contribution in [0.3, 0.4) is 0 Å². The van der Waals surface area contributed by atoms with Crippen molar-refractivity contribution in [1.29, 1.82) is 0 Å². The van der Waals surface area contributed by atoms with Crippen molar-refractivity contribution in [3.05, 3.63) is 33.3 Å². The number of rotatable bonds is 4. The van der Waals surface area contributed by atoms with Crippen LogP contribution in [0.1, 0.15) is 45.6 Å². The molecule has 0 aromatic heterocycles. The average molecular weight is 404 g/mol. The van der Waals surface area contributed by atoms with Crippen LogP contribution in [-0.2, 0) is 11.3 Å². The van der Waals surface area contributed by atoms with Gasteiger partial charge >= 0.3 is 6.09 Å². The summed E-state index contributed by atoms with van der Waals surface area (Å²) in [6.45, 7) is 6.29. The summed E-state index contributed by atoms with van der Waals surface area (Å²) in [5.74, 6) is 0.